The molecule has 3 aromatic rings. The molecule has 118 valence electrons. The van der Waals surface area contributed by atoms with Crippen molar-refractivity contribution in [3.8, 4) is 0 Å². The molecule has 1 aromatic heterocycles. The van der Waals surface area contributed by atoms with Crippen molar-refractivity contribution >= 4 is 11.9 Å². The lowest BCUT2D eigenvalue weighted by Gasteiger charge is -2.32. The molecule has 0 amide bonds. The van der Waals surface area contributed by atoms with Crippen LogP contribution in [0.2, 0.25) is 0 Å². The second-order valence-corrected chi connectivity index (χ2v) is 5.87. The molecule has 3 heteroatoms. The van der Waals surface area contributed by atoms with Crippen molar-refractivity contribution in [1.29, 1.82) is 0 Å². The molecule has 0 saturated carbocycles. The lowest BCUT2D eigenvalue weighted by Crippen LogP contribution is -2.32. The topological polar surface area (TPSA) is 33.5 Å². The Hall–Kier alpha value is -3.07. The molecule has 0 saturated heterocycles. The number of carbonyl (C=O) groups is 1. The highest BCUT2D eigenvalue weighted by Gasteiger charge is 2.27. The molecule has 0 unspecified atom stereocenters. The van der Waals surface area contributed by atoms with Gasteiger partial charge < -0.3 is 9.32 Å². The van der Waals surface area contributed by atoms with E-state index in [0.29, 0.717) is 24.5 Å². The fourth-order valence-electron chi connectivity index (χ4n) is 3.06. The maximum absolute atomic E-state index is 13.0. The van der Waals surface area contributed by atoms with Gasteiger partial charge >= 0.3 is 0 Å². The summed E-state index contributed by atoms with van der Waals surface area (Å²) < 4.78 is 5.42. The van der Waals surface area contributed by atoms with E-state index in [1.165, 1.54) is 5.56 Å². The number of Topliss-reactive ketones (excluding diaryl/α,β-unsaturated/α-hetero) is 1. The molecule has 0 atom stereocenters. The quantitative estimate of drug-likeness (QED) is 0.666. The first kappa shape index (κ1) is 14.5. The third-order valence-corrected chi connectivity index (χ3v) is 4.23. The molecular formula is C21H17NO2. The number of carbonyl (C=O) groups excluding carboxylic acids is 1. The predicted molar refractivity (Wildman–Crippen MR) is 93.1 cm³/mol. The molecule has 1 aliphatic rings. The van der Waals surface area contributed by atoms with E-state index >= 15 is 0 Å². The van der Waals surface area contributed by atoms with Gasteiger partial charge in [-0.25, -0.2) is 0 Å². The van der Waals surface area contributed by atoms with Crippen LogP contribution >= 0.6 is 0 Å². The highest BCUT2D eigenvalue weighted by molar-refractivity contribution is 6.12. The van der Waals surface area contributed by atoms with Gasteiger partial charge in [0.15, 0.2) is 0 Å². The zero-order valence-electron chi connectivity index (χ0n) is 13.2. The summed E-state index contributed by atoms with van der Waals surface area (Å²) in [5.74, 6) is 0.736. The number of fused-ring (bicyclic) bond motifs is 1. The van der Waals surface area contributed by atoms with E-state index in [-0.39, 0.29) is 5.78 Å². The van der Waals surface area contributed by atoms with E-state index in [1.54, 1.807) is 6.26 Å². The molecule has 0 spiro atoms. The average Bonchev–Trinajstić information content (AvgIpc) is 3.12. The highest BCUT2D eigenvalue weighted by atomic mass is 16.3. The van der Waals surface area contributed by atoms with Crippen LogP contribution in [-0.4, -0.2) is 10.7 Å². The van der Waals surface area contributed by atoms with Gasteiger partial charge in [0.1, 0.15) is 5.76 Å². The van der Waals surface area contributed by atoms with Crippen LogP contribution in [0.15, 0.2) is 83.1 Å². The van der Waals surface area contributed by atoms with E-state index in [2.05, 4.69) is 17.0 Å². The minimum atomic E-state index is 0.0455. The van der Waals surface area contributed by atoms with Crippen LogP contribution in [-0.2, 0) is 13.1 Å². The van der Waals surface area contributed by atoms with E-state index in [4.69, 9.17) is 4.42 Å². The summed E-state index contributed by atoms with van der Waals surface area (Å²) in [4.78, 5) is 15.1. The van der Waals surface area contributed by atoms with Crippen molar-refractivity contribution in [2.75, 3.05) is 0 Å². The van der Waals surface area contributed by atoms with Gasteiger partial charge in [0.25, 0.3) is 0 Å². The van der Waals surface area contributed by atoms with E-state index < -0.39 is 0 Å². The number of hydrogen-bond acceptors (Lipinski definition) is 3. The zero-order valence-corrected chi connectivity index (χ0v) is 13.2. The number of hydrogen-bond donors (Lipinski definition) is 0. The van der Waals surface area contributed by atoms with Crippen LogP contribution in [0.3, 0.4) is 0 Å². The molecule has 3 nitrogen and oxygen atoms in total. The van der Waals surface area contributed by atoms with Crippen LogP contribution in [0.25, 0.3) is 6.08 Å². The Morgan fingerprint density at radius 2 is 1.75 bits per heavy atom. The molecule has 2 aromatic carbocycles. The largest absolute Gasteiger partial charge is 0.465 e. The van der Waals surface area contributed by atoms with Crippen LogP contribution in [0.4, 0.5) is 0 Å². The Kier molecular flexibility index (Phi) is 3.75. The zero-order chi connectivity index (χ0) is 16.4. The third kappa shape index (κ3) is 2.76. The Balaban J connectivity index is 1.75. The van der Waals surface area contributed by atoms with Gasteiger partial charge in [0, 0.05) is 24.7 Å². The van der Waals surface area contributed by atoms with Gasteiger partial charge in [0.05, 0.1) is 12.0 Å². The fraction of sp³-hybridized carbons (Fsp3) is 0.0952. The SMILES string of the molecule is O=C1/C(=C/c2ccco2)N(Cc2ccccc2)Cc2ccccc21. The van der Waals surface area contributed by atoms with Crippen molar-refractivity contribution in [2.24, 2.45) is 0 Å². The standard InChI is InChI=1S/C21H17NO2/c23-21-19-11-5-4-9-17(19)15-22(14-16-7-2-1-3-8-16)20(21)13-18-10-6-12-24-18/h1-13H,14-15H2/b20-13-. The van der Waals surface area contributed by atoms with E-state index in [9.17, 15) is 4.79 Å². The number of benzene rings is 2. The first-order chi connectivity index (χ1) is 11.8. The molecule has 0 radical (unpaired) electrons. The van der Waals surface area contributed by atoms with Crippen LogP contribution in [0.5, 0.6) is 0 Å². The second-order valence-electron chi connectivity index (χ2n) is 5.87. The number of nitrogens with zero attached hydrogens (tertiary/aromatic N) is 1. The summed E-state index contributed by atoms with van der Waals surface area (Å²) in [6.45, 7) is 1.40. The summed E-state index contributed by atoms with van der Waals surface area (Å²) in [5.41, 5.74) is 3.69. The van der Waals surface area contributed by atoms with Gasteiger partial charge in [0.2, 0.25) is 5.78 Å². The van der Waals surface area contributed by atoms with Crippen molar-refractivity contribution in [2.45, 2.75) is 13.1 Å². The molecule has 4 rings (SSSR count). The predicted octanol–water partition coefficient (Wildman–Crippen LogP) is 4.52. The number of furan rings is 1. The van der Waals surface area contributed by atoms with Crippen molar-refractivity contribution in [3.05, 3.63) is 101 Å². The fourth-order valence-corrected chi connectivity index (χ4v) is 3.06. The molecule has 0 bridgehead atoms. The maximum atomic E-state index is 13.0. The Morgan fingerprint density at radius 1 is 0.958 bits per heavy atom. The van der Waals surface area contributed by atoms with Crippen molar-refractivity contribution in [1.82, 2.24) is 4.90 Å². The molecular weight excluding hydrogens is 298 g/mol. The second kappa shape index (κ2) is 6.20. The van der Waals surface area contributed by atoms with Crippen LogP contribution in [0.1, 0.15) is 27.2 Å². The minimum Gasteiger partial charge on any atom is -0.465 e. The molecule has 24 heavy (non-hydrogen) atoms. The van der Waals surface area contributed by atoms with Gasteiger partial charge in [-0.1, -0.05) is 54.6 Å². The molecule has 0 fully saturated rings. The molecule has 1 aliphatic heterocycles. The lowest BCUT2D eigenvalue weighted by atomic mass is 9.95. The van der Waals surface area contributed by atoms with Crippen LogP contribution < -0.4 is 0 Å². The smallest absolute Gasteiger partial charge is 0.209 e. The average molecular weight is 315 g/mol. The number of allylic oxidation sites excluding steroid dienone is 1. The summed E-state index contributed by atoms with van der Waals surface area (Å²) in [6, 6.07) is 21.7. The molecule has 2 heterocycles. The normalized spacial score (nSPS) is 15.6. The van der Waals surface area contributed by atoms with E-state index in [1.807, 2.05) is 60.7 Å². The summed E-state index contributed by atoms with van der Waals surface area (Å²) in [7, 11) is 0. The van der Waals surface area contributed by atoms with Gasteiger partial charge in [-0.2, -0.15) is 0 Å². The number of ketones is 1. The first-order valence-corrected chi connectivity index (χ1v) is 7.98. The monoisotopic (exact) mass is 315 g/mol. The Morgan fingerprint density at radius 3 is 2.54 bits per heavy atom. The Labute approximate surface area is 140 Å². The van der Waals surface area contributed by atoms with Crippen molar-refractivity contribution < 1.29 is 9.21 Å². The van der Waals surface area contributed by atoms with Gasteiger partial charge in [-0.15, -0.1) is 0 Å². The summed E-state index contributed by atoms with van der Waals surface area (Å²) >= 11 is 0. The van der Waals surface area contributed by atoms with Gasteiger partial charge in [-0.3, -0.25) is 4.79 Å². The minimum absolute atomic E-state index is 0.0455. The highest BCUT2D eigenvalue weighted by Crippen LogP contribution is 2.28. The molecule has 0 N–H and O–H groups in total. The Bertz CT molecular complexity index is 879. The maximum Gasteiger partial charge on any atom is 0.209 e. The van der Waals surface area contributed by atoms with Crippen LogP contribution in [0, 0.1) is 0 Å². The number of rotatable bonds is 3. The van der Waals surface area contributed by atoms with Crippen molar-refractivity contribution in [3.63, 3.8) is 0 Å². The lowest BCUT2D eigenvalue weighted by molar-refractivity contribution is 0.0970. The first-order valence-electron chi connectivity index (χ1n) is 7.98. The van der Waals surface area contributed by atoms with E-state index in [0.717, 1.165) is 11.1 Å². The summed E-state index contributed by atoms with van der Waals surface area (Å²) in [6.07, 6.45) is 3.45. The third-order valence-electron chi connectivity index (χ3n) is 4.23. The molecule has 0 aliphatic carbocycles. The summed E-state index contributed by atoms with van der Waals surface area (Å²) in [5, 5.41) is 0. The van der Waals surface area contributed by atoms with Gasteiger partial charge in [-0.05, 0) is 23.3 Å².